The maximum atomic E-state index is 11.8. The molecular weight excluding hydrogens is 296 g/mol. The van der Waals surface area contributed by atoms with Crippen LogP contribution in [0, 0.1) is 10.1 Å². The molecule has 0 aliphatic heterocycles. The highest BCUT2D eigenvalue weighted by atomic mass is 35.5. The first-order valence-corrected chi connectivity index (χ1v) is 6.21. The molecule has 7 nitrogen and oxygen atoms in total. The second kappa shape index (κ2) is 7.80. The summed E-state index contributed by atoms with van der Waals surface area (Å²) in [5.41, 5.74) is 5.66. The van der Waals surface area contributed by atoms with Crippen molar-refractivity contribution in [2.24, 2.45) is 5.73 Å². The van der Waals surface area contributed by atoms with Crippen molar-refractivity contribution in [3.05, 3.63) is 34.4 Å². The molecule has 3 N–H and O–H groups in total. The average Bonchev–Trinajstić information content (AvgIpc) is 2.35. The minimum Gasteiger partial charge on any atom is -0.360 e. The van der Waals surface area contributed by atoms with E-state index in [1.54, 1.807) is 39.1 Å². The number of rotatable bonds is 6. The summed E-state index contributed by atoms with van der Waals surface area (Å²) in [6.45, 7) is 3.98. The molecule has 0 atom stereocenters. The molecule has 0 saturated heterocycles. The Labute approximate surface area is 130 Å². The van der Waals surface area contributed by atoms with Gasteiger partial charge in [0, 0.05) is 25.2 Å². The minimum absolute atomic E-state index is 0. The van der Waals surface area contributed by atoms with Crippen LogP contribution in [0.3, 0.4) is 0 Å². The van der Waals surface area contributed by atoms with Gasteiger partial charge >= 0.3 is 0 Å². The second-order valence-corrected chi connectivity index (χ2v) is 5.37. The number of halogens is 1. The van der Waals surface area contributed by atoms with E-state index in [0.717, 1.165) is 0 Å². The molecular formula is C13H21ClN4O3. The van der Waals surface area contributed by atoms with Gasteiger partial charge < -0.3 is 16.0 Å². The Kier molecular flexibility index (Phi) is 7.11. The third-order valence-corrected chi connectivity index (χ3v) is 2.61. The number of carbonyl (C=O) groups excluding carboxylic acids is 1. The van der Waals surface area contributed by atoms with Gasteiger partial charge in [0.05, 0.1) is 11.5 Å². The Morgan fingerprint density at radius 1 is 1.43 bits per heavy atom. The van der Waals surface area contributed by atoms with E-state index in [2.05, 4.69) is 5.32 Å². The van der Waals surface area contributed by atoms with E-state index < -0.39 is 10.5 Å². The average molecular weight is 317 g/mol. The monoisotopic (exact) mass is 316 g/mol. The Balaban J connectivity index is 0.00000400. The number of anilines is 1. The van der Waals surface area contributed by atoms with Crippen LogP contribution in [-0.2, 0) is 4.79 Å². The highest BCUT2D eigenvalue weighted by molar-refractivity contribution is 5.85. The Bertz CT molecular complexity index is 502. The van der Waals surface area contributed by atoms with Crippen molar-refractivity contribution in [1.29, 1.82) is 0 Å². The number of nitrogens with one attached hydrogen (secondary N) is 1. The molecule has 0 bridgehead atoms. The number of carbonyl (C=O) groups is 1. The van der Waals surface area contributed by atoms with Crippen molar-refractivity contribution in [3.63, 3.8) is 0 Å². The van der Waals surface area contributed by atoms with Gasteiger partial charge in [-0.05, 0) is 19.9 Å². The van der Waals surface area contributed by atoms with E-state index in [4.69, 9.17) is 5.73 Å². The molecule has 0 fully saturated rings. The minimum atomic E-state index is -0.493. The highest BCUT2D eigenvalue weighted by Crippen LogP contribution is 2.26. The summed E-state index contributed by atoms with van der Waals surface area (Å²) in [6, 6.07) is 6.30. The zero-order valence-corrected chi connectivity index (χ0v) is 13.1. The fourth-order valence-electron chi connectivity index (χ4n) is 1.62. The van der Waals surface area contributed by atoms with Gasteiger partial charge in [-0.25, -0.2) is 0 Å². The van der Waals surface area contributed by atoms with Gasteiger partial charge in [0.15, 0.2) is 0 Å². The normalized spacial score (nSPS) is 10.5. The molecule has 0 spiro atoms. The number of benzene rings is 1. The number of amides is 1. The van der Waals surface area contributed by atoms with Crippen LogP contribution in [0.5, 0.6) is 0 Å². The zero-order valence-electron chi connectivity index (χ0n) is 12.3. The number of hydrogen-bond donors (Lipinski definition) is 2. The molecule has 0 radical (unpaired) electrons. The van der Waals surface area contributed by atoms with E-state index in [9.17, 15) is 14.9 Å². The van der Waals surface area contributed by atoms with Crippen LogP contribution in [0.25, 0.3) is 0 Å². The molecule has 118 valence electrons. The number of nitrogens with zero attached hydrogens (tertiary/aromatic N) is 2. The molecule has 1 aromatic rings. The van der Waals surface area contributed by atoms with Crippen LogP contribution in [0.4, 0.5) is 11.4 Å². The van der Waals surface area contributed by atoms with Crippen molar-refractivity contribution < 1.29 is 9.72 Å². The molecule has 1 aromatic carbocycles. The number of hydrogen-bond acceptors (Lipinski definition) is 5. The lowest BCUT2D eigenvalue weighted by Crippen LogP contribution is -2.47. The van der Waals surface area contributed by atoms with E-state index >= 15 is 0 Å². The summed E-state index contributed by atoms with van der Waals surface area (Å²) in [6.07, 6.45) is 0. The lowest BCUT2D eigenvalue weighted by Gasteiger charge is -2.22. The molecule has 0 saturated carbocycles. The summed E-state index contributed by atoms with van der Waals surface area (Å²) < 4.78 is 0. The molecule has 0 heterocycles. The lowest BCUT2D eigenvalue weighted by molar-refractivity contribution is -0.384. The number of nitro groups is 1. The molecule has 1 amide bonds. The van der Waals surface area contributed by atoms with E-state index in [1.807, 2.05) is 0 Å². The van der Waals surface area contributed by atoms with Gasteiger partial charge in [-0.1, -0.05) is 12.1 Å². The van der Waals surface area contributed by atoms with Crippen molar-refractivity contribution in [2.45, 2.75) is 19.4 Å². The van der Waals surface area contributed by atoms with Gasteiger partial charge in [0.25, 0.3) is 5.69 Å². The van der Waals surface area contributed by atoms with Crippen LogP contribution < -0.4 is 16.0 Å². The first-order chi connectivity index (χ1) is 9.20. The molecule has 1 rings (SSSR count). The number of likely N-dealkylation sites (N-methyl/N-ethyl adjacent to an activating group) is 1. The van der Waals surface area contributed by atoms with Gasteiger partial charge in [-0.3, -0.25) is 14.9 Å². The van der Waals surface area contributed by atoms with E-state index in [-0.39, 0.29) is 30.5 Å². The van der Waals surface area contributed by atoms with Crippen LogP contribution in [-0.4, -0.2) is 36.5 Å². The van der Waals surface area contributed by atoms with Gasteiger partial charge in [0.1, 0.15) is 5.69 Å². The molecule has 0 unspecified atom stereocenters. The summed E-state index contributed by atoms with van der Waals surface area (Å²) >= 11 is 0. The zero-order chi connectivity index (χ0) is 15.3. The Morgan fingerprint density at radius 2 is 2.00 bits per heavy atom. The van der Waals surface area contributed by atoms with Crippen LogP contribution in [0.1, 0.15) is 13.8 Å². The SMILES string of the molecule is CN(CC(=O)NCC(C)(C)N)c1ccccc1[N+](=O)[O-].Cl. The lowest BCUT2D eigenvalue weighted by atomic mass is 10.1. The number of nitrogens with two attached hydrogens (primary N) is 1. The van der Waals surface area contributed by atoms with Crippen LogP contribution in [0.15, 0.2) is 24.3 Å². The van der Waals surface area contributed by atoms with Crippen molar-refractivity contribution in [2.75, 3.05) is 25.0 Å². The van der Waals surface area contributed by atoms with E-state index in [1.165, 1.54) is 11.0 Å². The van der Waals surface area contributed by atoms with E-state index in [0.29, 0.717) is 12.2 Å². The second-order valence-electron chi connectivity index (χ2n) is 5.37. The van der Waals surface area contributed by atoms with Crippen molar-refractivity contribution in [3.8, 4) is 0 Å². The van der Waals surface area contributed by atoms with Gasteiger partial charge in [-0.2, -0.15) is 0 Å². The van der Waals surface area contributed by atoms with Gasteiger partial charge in [0.2, 0.25) is 5.91 Å². The fraction of sp³-hybridized carbons (Fsp3) is 0.462. The van der Waals surface area contributed by atoms with Crippen molar-refractivity contribution in [1.82, 2.24) is 5.32 Å². The summed E-state index contributed by atoms with van der Waals surface area (Å²) in [5.74, 6) is -0.232. The highest BCUT2D eigenvalue weighted by Gasteiger charge is 2.18. The molecule has 0 aromatic heterocycles. The summed E-state index contributed by atoms with van der Waals surface area (Å²) in [5, 5.41) is 13.6. The van der Waals surface area contributed by atoms with Crippen molar-refractivity contribution >= 4 is 29.7 Å². The molecule has 8 heteroatoms. The summed E-state index contributed by atoms with van der Waals surface area (Å²) in [7, 11) is 1.63. The topological polar surface area (TPSA) is 102 Å². The van der Waals surface area contributed by atoms with Gasteiger partial charge in [-0.15, -0.1) is 12.4 Å². The van der Waals surface area contributed by atoms with Crippen LogP contribution in [0.2, 0.25) is 0 Å². The smallest absolute Gasteiger partial charge is 0.292 e. The largest absolute Gasteiger partial charge is 0.360 e. The molecule has 0 aliphatic rings. The Morgan fingerprint density at radius 3 is 2.52 bits per heavy atom. The first-order valence-electron chi connectivity index (χ1n) is 6.21. The third kappa shape index (κ3) is 6.42. The summed E-state index contributed by atoms with van der Waals surface area (Å²) in [4.78, 5) is 23.8. The predicted molar refractivity (Wildman–Crippen MR) is 84.9 cm³/mol. The quantitative estimate of drug-likeness (QED) is 0.608. The maximum Gasteiger partial charge on any atom is 0.292 e. The fourth-order valence-corrected chi connectivity index (χ4v) is 1.62. The third-order valence-electron chi connectivity index (χ3n) is 2.61. The predicted octanol–water partition coefficient (Wildman–Crippen LogP) is 1.31. The van der Waals surface area contributed by atoms with Crippen LogP contribution >= 0.6 is 12.4 Å². The maximum absolute atomic E-state index is 11.8. The molecule has 0 aliphatic carbocycles. The molecule has 21 heavy (non-hydrogen) atoms. The number of nitro benzene ring substituents is 1. The first kappa shape index (κ1) is 19.1. The number of para-hydroxylation sites is 2. The standard InChI is InChI=1S/C13H20N4O3.ClH/c1-13(2,14)9-15-12(18)8-16(3)10-6-4-5-7-11(10)17(19)20;/h4-7H,8-9,14H2,1-3H3,(H,15,18);1H. The Hall–Kier alpha value is -1.86.